The molecule has 1 unspecified atom stereocenters. The molecule has 1 fully saturated rings. The number of rotatable bonds is 3. The molecule has 3 rings (SSSR count). The molecule has 1 saturated carbocycles. The number of aryl methyl sites for hydroxylation is 1. The fourth-order valence-electron chi connectivity index (χ4n) is 3.63. The molecule has 4 nitrogen and oxygen atoms in total. The maximum Gasteiger partial charge on any atom is 0.222 e. The van der Waals surface area contributed by atoms with Crippen LogP contribution < -0.4 is 11.1 Å². The monoisotopic (exact) mass is 276 g/mol. The van der Waals surface area contributed by atoms with E-state index in [1.54, 1.807) is 6.26 Å². The molecule has 2 aliphatic carbocycles. The van der Waals surface area contributed by atoms with Gasteiger partial charge in [0.25, 0.3) is 0 Å². The maximum absolute atomic E-state index is 12.3. The minimum Gasteiger partial charge on any atom is -0.469 e. The van der Waals surface area contributed by atoms with Crippen LogP contribution in [0.2, 0.25) is 0 Å². The molecule has 1 amide bonds. The van der Waals surface area contributed by atoms with Crippen LogP contribution in [0.25, 0.3) is 0 Å². The van der Waals surface area contributed by atoms with E-state index in [1.165, 1.54) is 6.42 Å². The van der Waals surface area contributed by atoms with Crippen LogP contribution in [0.5, 0.6) is 0 Å². The number of amides is 1. The van der Waals surface area contributed by atoms with Gasteiger partial charge in [-0.05, 0) is 31.7 Å². The van der Waals surface area contributed by atoms with Crippen LogP contribution in [0.15, 0.2) is 16.7 Å². The largest absolute Gasteiger partial charge is 0.469 e. The first kappa shape index (κ1) is 13.7. The Morgan fingerprint density at radius 1 is 1.35 bits per heavy atom. The molecule has 2 aliphatic rings. The predicted octanol–water partition coefficient (Wildman–Crippen LogP) is 2.82. The second kappa shape index (κ2) is 5.60. The van der Waals surface area contributed by atoms with Gasteiger partial charge in [0.2, 0.25) is 5.91 Å². The smallest absolute Gasteiger partial charge is 0.222 e. The topological polar surface area (TPSA) is 68.3 Å². The zero-order chi connectivity index (χ0) is 14.0. The number of carbonyl (C=O) groups is 1. The van der Waals surface area contributed by atoms with Crippen molar-refractivity contribution < 1.29 is 9.21 Å². The average molecular weight is 276 g/mol. The molecular formula is C16H24N2O2. The van der Waals surface area contributed by atoms with Gasteiger partial charge in [-0.2, -0.15) is 0 Å². The van der Waals surface area contributed by atoms with E-state index in [2.05, 4.69) is 5.32 Å². The highest BCUT2D eigenvalue weighted by Gasteiger charge is 2.31. The van der Waals surface area contributed by atoms with Gasteiger partial charge in [0, 0.05) is 23.9 Å². The SMILES string of the molecule is NC1(CC(=O)NC2CCCc3occc32)CCCCC1. The number of carbonyl (C=O) groups excluding carboxylic acids is 1. The van der Waals surface area contributed by atoms with Crippen molar-refractivity contribution in [2.45, 2.75) is 69.4 Å². The fourth-order valence-corrected chi connectivity index (χ4v) is 3.63. The molecule has 3 N–H and O–H groups in total. The summed E-state index contributed by atoms with van der Waals surface area (Å²) in [5.74, 6) is 1.12. The molecule has 4 heteroatoms. The van der Waals surface area contributed by atoms with Gasteiger partial charge in [-0.3, -0.25) is 4.79 Å². The summed E-state index contributed by atoms with van der Waals surface area (Å²) in [6, 6.07) is 2.09. The van der Waals surface area contributed by atoms with Gasteiger partial charge >= 0.3 is 0 Å². The molecule has 0 saturated heterocycles. The Bertz CT molecular complexity index is 475. The first-order chi connectivity index (χ1) is 9.66. The number of nitrogens with one attached hydrogen (secondary N) is 1. The minimum absolute atomic E-state index is 0.0912. The minimum atomic E-state index is -0.282. The normalized spacial score (nSPS) is 24.9. The number of hydrogen-bond donors (Lipinski definition) is 2. The molecule has 20 heavy (non-hydrogen) atoms. The summed E-state index contributed by atoms with van der Waals surface area (Å²) in [6.45, 7) is 0. The van der Waals surface area contributed by atoms with Crippen LogP contribution in [0, 0.1) is 0 Å². The van der Waals surface area contributed by atoms with E-state index in [0.717, 1.165) is 56.3 Å². The van der Waals surface area contributed by atoms with Crippen LogP contribution in [0.4, 0.5) is 0 Å². The van der Waals surface area contributed by atoms with Crippen LogP contribution in [0.3, 0.4) is 0 Å². The molecule has 1 heterocycles. The lowest BCUT2D eigenvalue weighted by Crippen LogP contribution is -2.46. The van der Waals surface area contributed by atoms with Crippen LogP contribution in [-0.4, -0.2) is 11.4 Å². The Morgan fingerprint density at radius 3 is 2.95 bits per heavy atom. The summed E-state index contributed by atoms with van der Waals surface area (Å²) in [4.78, 5) is 12.3. The second-order valence-corrected chi connectivity index (χ2v) is 6.41. The predicted molar refractivity (Wildman–Crippen MR) is 77.2 cm³/mol. The van der Waals surface area contributed by atoms with E-state index in [1.807, 2.05) is 6.07 Å². The molecule has 110 valence electrons. The number of nitrogens with two attached hydrogens (primary N) is 1. The molecule has 1 atom stereocenters. The van der Waals surface area contributed by atoms with Gasteiger partial charge in [-0.1, -0.05) is 19.3 Å². The number of fused-ring (bicyclic) bond motifs is 1. The quantitative estimate of drug-likeness (QED) is 0.892. The molecule has 1 aromatic rings. The van der Waals surface area contributed by atoms with E-state index >= 15 is 0 Å². The lowest BCUT2D eigenvalue weighted by Gasteiger charge is -2.33. The third-order valence-corrected chi connectivity index (χ3v) is 4.75. The zero-order valence-corrected chi connectivity index (χ0v) is 12.0. The molecule has 0 bridgehead atoms. The van der Waals surface area contributed by atoms with Gasteiger partial charge in [0.15, 0.2) is 0 Å². The highest BCUT2D eigenvalue weighted by Crippen LogP contribution is 2.32. The number of hydrogen-bond acceptors (Lipinski definition) is 3. The molecule has 0 aliphatic heterocycles. The van der Waals surface area contributed by atoms with Gasteiger partial charge in [-0.25, -0.2) is 0 Å². The molecule has 0 aromatic carbocycles. The van der Waals surface area contributed by atoms with Crippen molar-refractivity contribution in [3.05, 3.63) is 23.7 Å². The standard InChI is InChI=1S/C16H24N2O2/c17-16(8-2-1-3-9-16)11-15(19)18-13-5-4-6-14-12(13)7-10-20-14/h7,10,13H,1-6,8-9,11,17H2,(H,18,19). The first-order valence-electron chi connectivity index (χ1n) is 7.81. The highest BCUT2D eigenvalue weighted by atomic mass is 16.3. The summed E-state index contributed by atoms with van der Waals surface area (Å²) in [5.41, 5.74) is 7.23. The third-order valence-electron chi connectivity index (χ3n) is 4.75. The summed E-state index contributed by atoms with van der Waals surface area (Å²) < 4.78 is 5.46. The van der Waals surface area contributed by atoms with Gasteiger partial charge < -0.3 is 15.5 Å². The summed E-state index contributed by atoms with van der Waals surface area (Å²) in [6.07, 6.45) is 10.7. The molecule has 0 radical (unpaired) electrons. The maximum atomic E-state index is 12.3. The van der Waals surface area contributed by atoms with E-state index in [0.29, 0.717) is 6.42 Å². The van der Waals surface area contributed by atoms with Crippen molar-refractivity contribution in [2.24, 2.45) is 5.73 Å². The third kappa shape index (κ3) is 2.90. The van der Waals surface area contributed by atoms with Gasteiger partial charge in [-0.15, -0.1) is 0 Å². The van der Waals surface area contributed by atoms with Gasteiger partial charge in [0.1, 0.15) is 5.76 Å². The van der Waals surface area contributed by atoms with Crippen molar-refractivity contribution >= 4 is 5.91 Å². The van der Waals surface area contributed by atoms with Crippen molar-refractivity contribution in [2.75, 3.05) is 0 Å². The lowest BCUT2D eigenvalue weighted by atomic mass is 9.80. The number of furan rings is 1. The van der Waals surface area contributed by atoms with Crippen LogP contribution in [-0.2, 0) is 11.2 Å². The Morgan fingerprint density at radius 2 is 2.15 bits per heavy atom. The molecule has 0 spiro atoms. The average Bonchev–Trinajstić information content (AvgIpc) is 2.88. The van der Waals surface area contributed by atoms with Crippen LogP contribution >= 0.6 is 0 Å². The summed E-state index contributed by atoms with van der Waals surface area (Å²) in [5, 5.41) is 3.15. The summed E-state index contributed by atoms with van der Waals surface area (Å²) >= 11 is 0. The Kier molecular flexibility index (Phi) is 3.83. The molecule has 1 aromatic heterocycles. The van der Waals surface area contributed by atoms with Crippen molar-refractivity contribution in [1.29, 1.82) is 0 Å². The molecular weight excluding hydrogens is 252 g/mol. The Balaban J connectivity index is 1.60. The van der Waals surface area contributed by atoms with Crippen LogP contribution in [0.1, 0.15) is 68.7 Å². The van der Waals surface area contributed by atoms with E-state index in [-0.39, 0.29) is 17.5 Å². The zero-order valence-electron chi connectivity index (χ0n) is 12.0. The second-order valence-electron chi connectivity index (χ2n) is 6.41. The first-order valence-corrected chi connectivity index (χ1v) is 7.81. The van der Waals surface area contributed by atoms with E-state index in [4.69, 9.17) is 10.2 Å². The van der Waals surface area contributed by atoms with Crippen molar-refractivity contribution in [1.82, 2.24) is 5.32 Å². The highest BCUT2D eigenvalue weighted by molar-refractivity contribution is 5.77. The van der Waals surface area contributed by atoms with Crippen molar-refractivity contribution in [3.63, 3.8) is 0 Å². The van der Waals surface area contributed by atoms with Crippen molar-refractivity contribution in [3.8, 4) is 0 Å². The van der Waals surface area contributed by atoms with E-state index < -0.39 is 0 Å². The van der Waals surface area contributed by atoms with Gasteiger partial charge in [0.05, 0.1) is 12.3 Å². The van der Waals surface area contributed by atoms with E-state index in [9.17, 15) is 4.79 Å². The fraction of sp³-hybridized carbons (Fsp3) is 0.688. The Labute approximate surface area is 120 Å². The Hall–Kier alpha value is -1.29. The lowest BCUT2D eigenvalue weighted by molar-refractivity contribution is -0.123. The summed E-state index contributed by atoms with van der Waals surface area (Å²) in [7, 11) is 0.